The van der Waals surface area contributed by atoms with Crippen molar-refractivity contribution < 1.29 is 14.8 Å². The molecule has 20 heavy (non-hydrogen) atoms. The predicted octanol–water partition coefficient (Wildman–Crippen LogP) is 2.02. The van der Waals surface area contributed by atoms with Gasteiger partial charge in [0.25, 0.3) is 0 Å². The second kappa shape index (κ2) is 5.98. The van der Waals surface area contributed by atoms with E-state index in [1.807, 2.05) is 0 Å². The number of nitrogens with zero attached hydrogens (tertiary/aromatic N) is 3. The highest BCUT2D eigenvalue weighted by atomic mass is 32.1. The van der Waals surface area contributed by atoms with Gasteiger partial charge in [-0.1, -0.05) is 11.3 Å². The lowest BCUT2D eigenvalue weighted by molar-refractivity contribution is -0.380. The van der Waals surface area contributed by atoms with Crippen molar-refractivity contribution in [3.05, 3.63) is 27.1 Å². The first-order valence-electron chi connectivity index (χ1n) is 6.13. The smallest absolute Gasteiger partial charge is 0.324 e. The first-order chi connectivity index (χ1) is 9.52. The van der Waals surface area contributed by atoms with Crippen LogP contribution in [-0.4, -0.2) is 34.0 Å². The Bertz CT molecular complexity index is 565. The van der Waals surface area contributed by atoms with Crippen molar-refractivity contribution in [3.8, 4) is 6.07 Å². The average molecular weight is 295 g/mol. The minimum atomic E-state index is -0.858. The van der Waals surface area contributed by atoms with Crippen molar-refractivity contribution in [1.29, 1.82) is 5.26 Å². The van der Waals surface area contributed by atoms with Crippen LogP contribution in [0, 0.1) is 27.4 Å². The summed E-state index contributed by atoms with van der Waals surface area (Å²) in [5, 5.41) is 29.0. The Morgan fingerprint density at radius 3 is 2.95 bits per heavy atom. The number of likely N-dealkylation sites (tertiary alicyclic amines) is 1. The summed E-state index contributed by atoms with van der Waals surface area (Å²) in [6.45, 7) is 0.937. The Balaban J connectivity index is 2.17. The molecule has 0 spiro atoms. The number of piperidine rings is 1. The summed E-state index contributed by atoms with van der Waals surface area (Å²) >= 11 is 0.966. The molecule has 106 valence electrons. The van der Waals surface area contributed by atoms with Gasteiger partial charge in [0, 0.05) is 17.5 Å². The molecule has 2 unspecified atom stereocenters. The normalized spacial score (nSPS) is 21.1. The van der Waals surface area contributed by atoms with E-state index in [-0.39, 0.29) is 5.00 Å². The lowest BCUT2D eigenvalue weighted by atomic mass is 9.97. The quantitative estimate of drug-likeness (QED) is 0.672. The van der Waals surface area contributed by atoms with E-state index in [9.17, 15) is 20.2 Å². The van der Waals surface area contributed by atoms with Gasteiger partial charge in [-0.05, 0) is 25.5 Å². The highest BCUT2D eigenvalue weighted by Gasteiger charge is 2.31. The third-order valence-corrected chi connectivity index (χ3v) is 4.44. The summed E-state index contributed by atoms with van der Waals surface area (Å²) in [4.78, 5) is 23.6. The summed E-state index contributed by atoms with van der Waals surface area (Å²) in [5.41, 5.74) is 0. The summed E-state index contributed by atoms with van der Waals surface area (Å²) < 4.78 is 0. The fraction of sp³-hybridized carbons (Fsp3) is 0.500. The zero-order valence-corrected chi connectivity index (χ0v) is 11.4. The van der Waals surface area contributed by atoms with Gasteiger partial charge >= 0.3 is 11.0 Å². The second-order valence-electron chi connectivity index (χ2n) is 4.64. The summed E-state index contributed by atoms with van der Waals surface area (Å²) in [6.07, 6.45) is 1.32. The number of carboxylic acids is 1. The van der Waals surface area contributed by atoms with Crippen LogP contribution in [0.25, 0.3) is 0 Å². The van der Waals surface area contributed by atoms with Crippen LogP contribution < -0.4 is 0 Å². The molecule has 1 saturated heterocycles. The molecule has 8 heteroatoms. The fourth-order valence-electron chi connectivity index (χ4n) is 2.36. The van der Waals surface area contributed by atoms with Crippen LogP contribution in [0.1, 0.15) is 23.8 Å². The maximum atomic E-state index is 11.0. The molecule has 1 aliphatic rings. The lowest BCUT2D eigenvalue weighted by Crippen LogP contribution is -2.40. The molecule has 2 heterocycles. The first kappa shape index (κ1) is 14.4. The van der Waals surface area contributed by atoms with E-state index in [1.165, 1.54) is 6.07 Å². The molecule has 1 N–H and O–H groups in total. The number of nitro groups is 1. The molecule has 0 radical (unpaired) electrons. The number of carbonyl (C=O) groups is 1. The monoisotopic (exact) mass is 295 g/mol. The molecule has 1 aromatic heterocycles. The summed E-state index contributed by atoms with van der Waals surface area (Å²) in [7, 11) is 0. The van der Waals surface area contributed by atoms with Gasteiger partial charge in [0.15, 0.2) is 0 Å². The van der Waals surface area contributed by atoms with E-state index >= 15 is 0 Å². The van der Waals surface area contributed by atoms with Crippen molar-refractivity contribution in [1.82, 2.24) is 4.90 Å². The second-order valence-corrected chi connectivity index (χ2v) is 5.73. The third-order valence-electron chi connectivity index (χ3n) is 3.35. The maximum absolute atomic E-state index is 11.0. The number of hydrogen-bond donors (Lipinski definition) is 1. The molecule has 0 bridgehead atoms. The van der Waals surface area contributed by atoms with Crippen LogP contribution in [0.15, 0.2) is 12.1 Å². The van der Waals surface area contributed by atoms with E-state index in [0.717, 1.165) is 11.3 Å². The highest BCUT2D eigenvalue weighted by Crippen LogP contribution is 2.33. The molecule has 1 aromatic rings. The van der Waals surface area contributed by atoms with Crippen molar-refractivity contribution in [3.63, 3.8) is 0 Å². The van der Waals surface area contributed by atoms with E-state index < -0.39 is 22.9 Å². The number of hydrogen-bond acceptors (Lipinski definition) is 6. The van der Waals surface area contributed by atoms with Gasteiger partial charge in [-0.2, -0.15) is 5.26 Å². The van der Waals surface area contributed by atoms with Crippen LogP contribution in [0.4, 0.5) is 5.00 Å². The number of rotatable bonds is 4. The molecule has 1 fully saturated rings. The van der Waals surface area contributed by atoms with Crippen molar-refractivity contribution in [2.75, 3.05) is 13.1 Å². The topological polar surface area (TPSA) is 107 Å². The van der Waals surface area contributed by atoms with Gasteiger partial charge in [-0.3, -0.25) is 19.8 Å². The van der Waals surface area contributed by atoms with E-state index in [4.69, 9.17) is 5.11 Å². The van der Waals surface area contributed by atoms with Crippen LogP contribution in [0.3, 0.4) is 0 Å². The SMILES string of the molecule is N#CC(c1ccc([N+](=O)[O-])s1)N1CCCC(C(=O)O)C1. The Hall–Kier alpha value is -1.98. The van der Waals surface area contributed by atoms with Gasteiger partial charge in [-0.15, -0.1) is 0 Å². The highest BCUT2D eigenvalue weighted by molar-refractivity contribution is 7.15. The molecule has 0 aromatic carbocycles. The van der Waals surface area contributed by atoms with Crippen LogP contribution in [0.5, 0.6) is 0 Å². The molecule has 2 atom stereocenters. The molecule has 7 nitrogen and oxygen atoms in total. The molecular formula is C12H13N3O4S. The zero-order chi connectivity index (χ0) is 14.7. The summed E-state index contributed by atoms with van der Waals surface area (Å²) in [6, 6.07) is 4.45. The van der Waals surface area contributed by atoms with E-state index in [0.29, 0.717) is 30.8 Å². The predicted molar refractivity (Wildman–Crippen MR) is 71.3 cm³/mol. The van der Waals surface area contributed by atoms with Crippen LogP contribution >= 0.6 is 11.3 Å². The van der Waals surface area contributed by atoms with Crippen LogP contribution in [-0.2, 0) is 4.79 Å². The molecule has 0 aliphatic carbocycles. The Morgan fingerprint density at radius 1 is 1.65 bits per heavy atom. The van der Waals surface area contributed by atoms with Crippen molar-refractivity contribution in [2.24, 2.45) is 5.92 Å². The Morgan fingerprint density at radius 2 is 2.40 bits per heavy atom. The fourth-order valence-corrected chi connectivity index (χ4v) is 3.26. The van der Waals surface area contributed by atoms with E-state index in [2.05, 4.69) is 6.07 Å². The molecule has 1 aliphatic heterocycles. The van der Waals surface area contributed by atoms with Crippen LogP contribution in [0.2, 0.25) is 0 Å². The minimum Gasteiger partial charge on any atom is -0.481 e. The number of nitriles is 1. The van der Waals surface area contributed by atoms with Gasteiger partial charge in [0.05, 0.1) is 16.9 Å². The van der Waals surface area contributed by atoms with Gasteiger partial charge in [0.2, 0.25) is 0 Å². The lowest BCUT2D eigenvalue weighted by Gasteiger charge is -2.33. The maximum Gasteiger partial charge on any atom is 0.324 e. The molecule has 0 saturated carbocycles. The van der Waals surface area contributed by atoms with Crippen molar-refractivity contribution in [2.45, 2.75) is 18.9 Å². The van der Waals surface area contributed by atoms with Gasteiger partial charge < -0.3 is 5.11 Å². The summed E-state index contributed by atoms with van der Waals surface area (Å²) in [5.74, 6) is -1.34. The van der Waals surface area contributed by atoms with Gasteiger partial charge in [-0.25, -0.2) is 0 Å². The molecule has 2 rings (SSSR count). The third kappa shape index (κ3) is 2.95. The number of carboxylic acid groups (broad SMARTS) is 1. The van der Waals surface area contributed by atoms with E-state index in [1.54, 1.807) is 11.0 Å². The Kier molecular flexibility index (Phi) is 4.32. The number of aliphatic carboxylic acids is 1. The minimum absolute atomic E-state index is 0.00737. The first-order valence-corrected chi connectivity index (χ1v) is 6.95. The average Bonchev–Trinajstić information content (AvgIpc) is 2.90. The Labute approximate surface area is 119 Å². The zero-order valence-electron chi connectivity index (χ0n) is 10.6. The number of thiophene rings is 1. The molecular weight excluding hydrogens is 282 g/mol. The van der Waals surface area contributed by atoms with Gasteiger partial charge in [0.1, 0.15) is 6.04 Å². The molecule has 0 amide bonds. The standard InChI is InChI=1S/C12H13N3O4S/c13-6-9(10-3-4-11(20-10)15(18)19)14-5-1-2-8(7-14)12(16)17/h3-4,8-9H,1-2,5,7H2,(H,16,17). The largest absolute Gasteiger partial charge is 0.481 e. The van der Waals surface area contributed by atoms with Crippen molar-refractivity contribution >= 4 is 22.3 Å².